The zero-order chi connectivity index (χ0) is 19.9. The van der Waals surface area contributed by atoms with E-state index in [-0.39, 0.29) is 5.91 Å². The topological polar surface area (TPSA) is 56.1 Å². The van der Waals surface area contributed by atoms with E-state index in [0.29, 0.717) is 17.3 Å². The average molecular weight is 416 g/mol. The van der Waals surface area contributed by atoms with Gasteiger partial charge >= 0.3 is 0 Å². The van der Waals surface area contributed by atoms with Crippen molar-refractivity contribution < 1.29 is 9.53 Å². The van der Waals surface area contributed by atoms with Gasteiger partial charge in [-0.05, 0) is 41.8 Å². The number of carbonyl (C=O) groups excluding carboxylic acids is 1. The number of methoxy groups -OCH3 is 1. The second-order valence-electron chi connectivity index (χ2n) is 6.23. The second-order valence-corrected chi connectivity index (χ2v) is 7.61. The lowest BCUT2D eigenvalue weighted by Crippen LogP contribution is -2.27. The summed E-state index contributed by atoms with van der Waals surface area (Å²) in [6.45, 7) is 0.600. The molecule has 0 aliphatic rings. The van der Waals surface area contributed by atoms with Crippen molar-refractivity contribution in [1.29, 1.82) is 0 Å². The molecule has 1 amide bonds. The van der Waals surface area contributed by atoms with Crippen LogP contribution in [0.15, 0.2) is 59.9 Å². The lowest BCUT2D eigenvalue weighted by Gasteiger charge is -2.07. The van der Waals surface area contributed by atoms with Gasteiger partial charge in [0.1, 0.15) is 5.75 Å². The minimum Gasteiger partial charge on any atom is -0.497 e. The number of nitrogens with one attached hydrogen (secondary N) is 1. The Bertz CT molecular complexity index is 924. The number of nitrogens with zero attached hydrogens (tertiary/aromatic N) is 2. The van der Waals surface area contributed by atoms with Crippen LogP contribution in [0.2, 0.25) is 5.02 Å². The summed E-state index contributed by atoms with van der Waals surface area (Å²) in [7, 11) is 3.59. The molecule has 1 heterocycles. The van der Waals surface area contributed by atoms with Crippen molar-refractivity contribution in [3.63, 3.8) is 0 Å². The summed E-state index contributed by atoms with van der Waals surface area (Å²) in [5.41, 5.74) is 3.18. The van der Waals surface area contributed by atoms with Gasteiger partial charge in [0.15, 0.2) is 5.16 Å². The van der Waals surface area contributed by atoms with Gasteiger partial charge in [-0.25, -0.2) is 4.98 Å². The normalized spacial score (nSPS) is 10.7. The first kappa shape index (κ1) is 20.3. The van der Waals surface area contributed by atoms with Crippen LogP contribution < -0.4 is 10.1 Å². The lowest BCUT2D eigenvalue weighted by atomic mass is 10.1. The third kappa shape index (κ3) is 5.30. The minimum absolute atomic E-state index is 0.00504. The van der Waals surface area contributed by atoms with E-state index in [1.54, 1.807) is 7.11 Å². The van der Waals surface area contributed by atoms with Crippen LogP contribution in [-0.4, -0.2) is 34.9 Å². The number of benzene rings is 2. The van der Waals surface area contributed by atoms with Crippen LogP contribution in [0.25, 0.3) is 11.3 Å². The Balaban J connectivity index is 1.47. The Morgan fingerprint density at radius 1 is 1.18 bits per heavy atom. The summed E-state index contributed by atoms with van der Waals surface area (Å²) in [4.78, 5) is 16.6. The van der Waals surface area contributed by atoms with Crippen molar-refractivity contribution in [3.05, 3.63) is 65.3 Å². The molecule has 0 saturated carbocycles. The van der Waals surface area contributed by atoms with E-state index in [1.807, 2.05) is 66.3 Å². The highest BCUT2D eigenvalue weighted by molar-refractivity contribution is 7.99. The van der Waals surface area contributed by atoms with E-state index < -0.39 is 0 Å². The first-order chi connectivity index (χ1) is 13.6. The van der Waals surface area contributed by atoms with Crippen molar-refractivity contribution in [1.82, 2.24) is 14.9 Å². The summed E-state index contributed by atoms with van der Waals surface area (Å²) < 4.78 is 7.13. The quantitative estimate of drug-likeness (QED) is 0.560. The predicted molar refractivity (Wildman–Crippen MR) is 114 cm³/mol. The highest BCUT2D eigenvalue weighted by Crippen LogP contribution is 2.25. The number of aromatic nitrogens is 2. The molecule has 0 radical (unpaired) electrons. The standard InChI is InChI=1S/C21H22ClN3O2S/c1-25-19(16-5-7-17(22)8-6-16)13-24-21(25)28-14-20(26)23-12-11-15-3-9-18(27-2)10-4-15/h3-10,13H,11-12,14H2,1-2H3,(H,23,26). The van der Waals surface area contributed by atoms with Crippen molar-refractivity contribution in [2.24, 2.45) is 7.05 Å². The van der Waals surface area contributed by atoms with Gasteiger partial charge in [0, 0.05) is 18.6 Å². The highest BCUT2D eigenvalue weighted by atomic mass is 35.5. The Morgan fingerprint density at radius 3 is 2.57 bits per heavy atom. The van der Waals surface area contributed by atoms with Crippen LogP contribution in [0.1, 0.15) is 5.56 Å². The molecular weight excluding hydrogens is 394 g/mol. The third-order valence-corrected chi connectivity index (χ3v) is 5.61. The lowest BCUT2D eigenvalue weighted by molar-refractivity contribution is -0.118. The van der Waals surface area contributed by atoms with Gasteiger partial charge in [0.05, 0.1) is 24.8 Å². The summed E-state index contributed by atoms with van der Waals surface area (Å²) in [6, 6.07) is 15.5. The first-order valence-electron chi connectivity index (χ1n) is 8.87. The number of rotatable bonds is 8. The predicted octanol–water partition coefficient (Wildman–Crippen LogP) is 4.20. The number of imidazole rings is 1. The molecule has 0 atom stereocenters. The van der Waals surface area contributed by atoms with E-state index in [2.05, 4.69) is 10.3 Å². The van der Waals surface area contributed by atoms with Crippen LogP contribution in [-0.2, 0) is 18.3 Å². The highest BCUT2D eigenvalue weighted by Gasteiger charge is 2.11. The number of halogens is 1. The molecule has 1 aromatic heterocycles. The Kier molecular flexibility index (Phi) is 7.01. The van der Waals surface area contributed by atoms with Crippen molar-refractivity contribution in [2.75, 3.05) is 19.4 Å². The van der Waals surface area contributed by atoms with Gasteiger partial charge < -0.3 is 14.6 Å². The molecule has 5 nitrogen and oxygen atoms in total. The number of hydrogen-bond acceptors (Lipinski definition) is 4. The maximum absolute atomic E-state index is 12.1. The number of ether oxygens (including phenoxy) is 1. The molecule has 0 spiro atoms. The van der Waals surface area contributed by atoms with Crippen LogP contribution in [0.3, 0.4) is 0 Å². The van der Waals surface area contributed by atoms with Gasteiger partial charge in [-0.15, -0.1) is 0 Å². The molecule has 28 heavy (non-hydrogen) atoms. The monoisotopic (exact) mass is 415 g/mol. The van der Waals surface area contributed by atoms with Gasteiger partial charge in [-0.1, -0.05) is 47.6 Å². The average Bonchev–Trinajstić information content (AvgIpc) is 3.08. The van der Waals surface area contributed by atoms with Crippen LogP contribution >= 0.6 is 23.4 Å². The Hall–Kier alpha value is -2.44. The van der Waals surface area contributed by atoms with Crippen LogP contribution in [0.5, 0.6) is 5.75 Å². The van der Waals surface area contributed by atoms with Crippen LogP contribution in [0.4, 0.5) is 0 Å². The van der Waals surface area contributed by atoms with E-state index in [1.165, 1.54) is 11.8 Å². The number of amides is 1. The molecular formula is C21H22ClN3O2S. The molecule has 146 valence electrons. The maximum atomic E-state index is 12.1. The van der Waals surface area contributed by atoms with E-state index >= 15 is 0 Å². The summed E-state index contributed by atoms with van der Waals surface area (Å²) in [6.07, 6.45) is 2.59. The minimum atomic E-state index is -0.00504. The van der Waals surface area contributed by atoms with Crippen molar-refractivity contribution in [3.8, 4) is 17.0 Å². The molecule has 7 heteroatoms. The number of thioether (sulfide) groups is 1. The van der Waals surface area contributed by atoms with E-state index in [0.717, 1.165) is 34.1 Å². The van der Waals surface area contributed by atoms with E-state index in [4.69, 9.17) is 16.3 Å². The molecule has 3 rings (SSSR count). The molecule has 0 unspecified atom stereocenters. The SMILES string of the molecule is COc1ccc(CCNC(=O)CSc2ncc(-c3ccc(Cl)cc3)n2C)cc1. The zero-order valence-corrected chi connectivity index (χ0v) is 17.4. The fourth-order valence-electron chi connectivity index (χ4n) is 2.74. The number of carbonyl (C=O) groups is 1. The fraction of sp³-hybridized carbons (Fsp3) is 0.238. The molecule has 0 fully saturated rings. The molecule has 2 aromatic carbocycles. The van der Waals surface area contributed by atoms with Crippen molar-refractivity contribution >= 4 is 29.3 Å². The third-order valence-electron chi connectivity index (χ3n) is 4.31. The Morgan fingerprint density at radius 2 is 1.89 bits per heavy atom. The van der Waals surface area contributed by atoms with E-state index in [9.17, 15) is 4.79 Å². The first-order valence-corrected chi connectivity index (χ1v) is 10.2. The summed E-state index contributed by atoms with van der Waals surface area (Å²) in [5, 5.41) is 4.45. The molecule has 0 saturated heterocycles. The largest absolute Gasteiger partial charge is 0.497 e. The maximum Gasteiger partial charge on any atom is 0.230 e. The van der Waals surface area contributed by atoms with Gasteiger partial charge in [-0.2, -0.15) is 0 Å². The fourth-order valence-corrected chi connectivity index (χ4v) is 3.64. The summed E-state index contributed by atoms with van der Waals surface area (Å²) >= 11 is 7.37. The molecule has 0 bridgehead atoms. The smallest absolute Gasteiger partial charge is 0.230 e. The van der Waals surface area contributed by atoms with Crippen molar-refractivity contribution in [2.45, 2.75) is 11.6 Å². The zero-order valence-electron chi connectivity index (χ0n) is 15.8. The second kappa shape index (κ2) is 9.66. The van der Waals surface area contributed by atoms with Gasteiger partial charge in [-0.3, -0.25) is 4.79 Å². The Labute approximate surface area is 174 Å². The summed E-state index contributed by atoms with van der Waals surface area (Å²) in [5.74, 6) is 1.15. The molecule has 0 aliphatic heterocycles. The molecule has 1 N–H and O–H groups in total. The van der Waals surface area contributed by atoms with Gasteiger partial charge in [0.2, 0.25) is 5.91 Å². The van der Waals surface area contributed by atoms with Gasteiger partial charge in [0.25, 0.3) is 0 Å². The number of hydrogen-bond donors (Lipinski definition) is 1. The molecule has 0 aliphatic carbocycles. The molecule has 3 aromatic rings. The van der Waals surface area contributed by atoms with Crippen LogP contribution in [0, 0.1) is 0 Å².